The molecule has 0 N–H and O–H groups in total. The van der Waals surface area contributed by atoms with E-state index in [9.17, 15) is 0 Å². The van der Waals surface area contributed by atoms with Gasteiger partial charge in [-0.2, -0.15) is 0 Å². The van der Waals surface area contributed by atoms with E-state index in [1.165, 1.54) is 11.1 Å². The minimum Gasteiger partial charge on any atom is -0.333 e. The standard InChI is InChI=1S/C12H16BrN3/c1-15(2)5-4-11-7-9-6-10(13)8-14-12(9)16(11)3/h6-8H,4-5H2,1-3H3. The Balaban J connectivity index is 2.36. The van der Waals surface area contributed by atoms with Crippen LogP contribution in [0.3, 0.4) is 0 Å². The molecule has 0 aliphatic carbocycles. The fourth-order valence-electron chi connectivity index (χ4n) is 1.82. The van der Waals surface area contributed by atoms with Crippen molar-refractivity contribution >= 4 is 27.0 Å². The zero-order valence-electron chi connectivity index (χ0n) is 9.87. The molecule has 2 aromatic rings. The van der Waals surface area contributed by atoms with Crippen LogP contribution in [0, 0.1) is 0 Å². The zero-order chi connectivity index (χ0) is 11.7. The van der Waals surface area contributed by atoms with Crippen molar-refractivity contribution in [3.8, 4) is 0 Å². The molecule has 0 bridgehead atoms. The first-order chi connectivity index (χ1) is 7.58. The second kappa shape index (κ2) is 4.55. The summed E-state index contributed by atoms with van der Waals surface area (Å²) < 4.78 is 3.20. The first kappa shape index (κ1) is 11.6. The van der Waals surface area contributed by atoms with Crippen LogP contribution < -0.4 is 0 Å². The lowest BCUT2D eigenvalue weighted by molar-refractivity contribution is 0.410. The molecule has 3 nitrogen and oxygen atoms in total. The van der Waals surface area contributed by atoms with Gasteiger partial charge in [-0.05, 0) is 42.2 Å². The number of aromatic nitrogens is 2. The topological polar surface area (TPSA) is 21.1 Å². The molecule has 0 saturated heterocycles. The highest BCUT2D eigenvalue weighted by atomic mass is 79.9. The van der Waals surface area contributed by atoms with Gasteiger partial charge in [0.05, 0.1) is 0 Å². The van der Waals surface area contributed by atoms with Crippen LogP contribution in [0.1, 0.15) is 5.69 Å². The van der Waals surface area contributed by atoms with Crippen molar-refractivity contribution in [2.24, 2.45) is 7.05 Å². The predicted molar refractivity (Wildman–Crippen MR) is 70.7 cm³/mol. The Morgan fingerprint density at radius 2 is 2.12 bits per heavy atom. The van der Waals surface area contributed by atoms with Crippen LogP contribution in [0.5, 0.6) is 0 Å². The van der Waals surface area contributed by atoms with E-state index >= 15 is 0 Å². The lowest BCUT2D eigenvalue weighted by Gasteiger charge is -2.09. The molecule has 0 fully saturated rings. The molecular formula is C12H16BrN3. The van der Waals surface area contributed by atoms with Gasteiger partial charge < -0.3 is 9.47 Å². The highest BCUT2D eigenvalue weighted by Crippen LogP contribution is 2.20. The van der Waals surface area contributed by atoms with Crippen molar-refractivity contribution in [1.82, 2.24) is 14.5 Å². The predicted octanol–water partition coefficient (Wildman–Crippen LogP) is 2.44. The van der Waals surface area contributed by atoms with Crippen molar-refractivity contribution in [3.05, 3.63) is 28.5 Å². The van der Waals surface area contributed by atoms with Gasteiger partial charge in [0.25, 0.3) is 0 Å². The van der Waals surface area contributed by atoms with Crippen molar-refractivity contribution in [2.75, 3.05) is 20.6 Å². The quantitative estimate of drug-likeness (QED) is 0.862. The van der Waals surface area contributed by atoms with Crippen molar-refractivity contribution < 1.29 is 0 Å². The lowest BCUT2D eigenvalue weighted by Crippen LogP contribution is -2.16. The van der Waals surface area contributed by atoms with Gasteiger partial charge in [0, 0.05) is 41.8 Å². The number of rotatable bonds is 3. The van der Waals surface area contributed by atoms with E-state index in [2.05, 4.69) is 63.7 Å². The van der Waals surface area contributed by atoms with Crippen LogP contribution >= 0.6 is 15.9 Å². The normalized spacial score (nSPS) is 11.6. The van der Waals surface area contributed by atoms with Crippen LogP contribution in [0.25, 0.3) is 11.0 Å². The van der Waals surface area contributed by atoms with E-state index < -0.39 is 0 Å². The molecule has 0 aliphatic heterocycles. The Morgan fingerprint density at radius 3 is 2.81 bits per heavy atom. The zero-order valence-corrected chi connectivity index (χ0v) is 11.5. The van der Waals surface area contributed by atoms with Gasteiger partial charge in [-0.1, -0.05) is 0 Å². The fourth-order valence-corrected chi connectivity index (χ4v) is 2.17. The highest BCUT2D eigenvalue weighted by Gasteiger charge is 2.07. The average Bonchev–Trinajstić information content (AvgIpc) is 2.52. The summed E-state index contributed by atoms with van der Waals surface area (Å²) in [6, 6.07) is 4.33. The summed E-state index contributed by atoms with van der Waals surface area (Å²) in [4.78, 5) is 6.63. The molecule has 0 aromatic carbocycles. The summed E-state index contributed by atoms with van der Waals surface area (Å²) in [5, 5.41) is 1.20. The summed E-state index contributed by atoms with van der Waals surface area (Å²) in [7, 11) is 6.27. The number of hydrogen-bond donors (Lipinski definition) is 0. The molecule has 0 saturated carbocycles. The van der Waals surface area contributed by atoms with Gasteiger partial charge in [0.15, 0.2) is 0 Å². The van der Waals surface area contributed by atoms with E-state index in [1.807, 2.05) is 6.20 Å². The summed E-state index contributed by atoms with van der Waals surface area (Å²) in [6.07, 6.45) is 2.90. The molecule has 4 heteroatoms. The third-order valence-electron chi connectivity index (χ3n) is 2.75. The summed E-state index contributed by atoms with van der Waals surface area (Å²) in [6.45, 7) is 1.06. The van der Waals surface area contributed by atoms with Crippen LogP contribution in [0.15, 0.2) is 22.8 Å². The van der Waals surface area contributed by atoms with Gasteiger partial charge in [-0.15, -0.1) is 0 Å². The molecule has 0 spiro atoms. The number of nitrogens with zero attached hydrogens (tertiary/aromatic N) is 3. The minimum atomic E-state index is 1.03. The Bertz CT molecular complexity index is 502. The van der Waals surface area contributed by atoms with Crippen LogP contribution in [0.4, 0.5) is 0 Å². The number of halogens is 1. The van der Waals surface area contributed by atoms with Gasteiger partial charge in [-0.25, -0.2) is 4.98 Å². The maximum Gasteiger partial charge on any atom is 0.139 e. The first-order valence-corrected chi connectivity index (χ1v) is 6.12. The molecule has 0 unspecified atom stereocenters. The summed E-state index contributed by atoms with van der Waals surface area (Å²) in [5.74, 6) is 0. The van der Waals surface area contributed by atoms with E-state index in [0.717, 1.165) is 23.1 Å². The van der Waals surface area contributed by atoms with E-state index in [0.29, 0.717) is 0 Å². The molecule has 2 aromatic heterocycles. The molecule has 0 aliphatic rings. The van der Waals surface area contributed by atoms with Crippen molar-refractivity contribution in [2.45, 2.75) is 6.42 Å². The van der Waals surface area contributed by atoms with Gasteiger partial charge >= 0.3 is 0 Å². The van der Waals surface area contributed by atoms with Gasteiger partial charge in [0.1, 0.15) is 5.65 Å². The van der Waals surface area contributed by atoms with Crippen molar-refractivity contribution in [1.29, 1.82) is 0 Å². The number of pyridine rings is 1. The minimum absolute atomic E-state index is 1.03. The highest BCUT2D eigenvalue weighted by molar-refractivity contribution is 9.10. The van der Waals surface area contributed by atoms with Crippen LogP contribution in [-0.4, -0.2) is 35.1 Å². The average molecular weight is 282 g/mol. The number of likely N-dealkylation sites (N-methyl/N-ethyl adjacent to an activating group) is 1. The first-order valence-electron chi connectivity index (χ1n) is 5.32. The van der Waals surface area contributed by atoms with E-state index in [4.69, 9.17) is 0 Å². The number of fused-ring (bicyclic) bond motifs is 1. The second-order valence-corrected chi connectivity index (χ2v) is 5.23. The molecule has 0 atom stereocenters. The molecule has 2 rings (SSSR count). The molecule has 0 radical (unpaired) electrons. The van der Waals surface area contributed by atoms with Gasteiger partial charge in [-0.3, -0.25) is 0 Å². The molecule has 86 valence electrons. The molecule has 16 heavy (non-hydrogen) atoms. The Hall–Kier alpha value is -0.870. The largest absolute Gasteiger partial charge is 0.333 e. The Labute approximate surface area is 104 Å². The van der Waals surface area contributed by atoms with E-state index in [1.54, 1.807) is 0 Å². The number of hydrogen-bond acceptors (Lipinski definition) is 2. The fraction of sp³-hybridized carbons (Fsp3) is 0.417. The smallest absolute Gasteiger partial charge is 0.139 e. The summed E-state index contributed by atoms with van der Waals surface area (Å²) >= 11 is 3.45. The molecule has 2 heterocycles. The third-order valence-corrected chi connectivity index (χ3v) is 3.18. The maximum atomic E-state index is 4.43. The van der Waals surface area contributed by atoms with E-state index in [-0.39, 0.29) is 0 Å². The maximum absolute atomic E-state index is 4.43. The van der Waals surface area contributed by atoms with Crippen molar-refractivity contribution in [3.63, 3.8) is 0 Å². The Morgan fingerprint density at radius 1 is 1.38 bits per heavy atom. The third kappa shape index (κ3) is 2.28. The van der Waals surface area contributed by atoms with Gasteiger partial charge in [0.2, 0.25) is 0 Å². The Kier molecular flexibility index (Phi) is 3.30. The lowest BCUT2D eigenvalue weighted by atomic mass is 10.2. The molecular weight excluding hydrogens is 266 g/mol. The number of aryl methyl sites for hydroxylation is 1. The monoisotopic (exact) mass is 281 g/mol. The van der Waals surface area contributed by atoms with Crippen LogP contribution in [-0.2, 0) is 13.5 Å². The second-order valence-electron chi connectivity index (χ2n) is 4.31. The SMILES string of the molecule is CN(C)CCc1cc2cc(Br)cnc2n1C. The molecule has 0 amide bonds. The van der Waals surface area contributed by atoms with Crippen LogP contribution in [0.2, 0.25) is 0 Å². The summed E-state index contributed by atoms with van der Waals surface area (Å²) in [5.41, 5.74) is 2.38.